The SMILES string of the molecule is Cc1nc(N)cc(-c2nc(C(C)C)c3c(C4C5CNCC54)[nH]nc3c2F)c1C(F)(F)F.NC(=O)C1CC1. The number of aromatic amines is 1. The van der Waals surface area contributed by atoms with Crippen LogP contribution < -0.4 is 16.8 Å². The Morgan fingerprint density at radius 3 is 2.32 bits per heavy atom. The van der Waals surface area contributed by atoms with Crippen LogP contribution in [0, 0.1) is 30.5 Å². The predicted octanol–water partition coefficient (Wildman–Crippen LogP) is 4.01. The van der Waals surface area contributed by atoms with Gasteiger partial charge >= 0.3 is 6.18 Å². The van der Waals surface area contributed by atoms with Gasteiger partial charge in [0.1, 0.15) is 17.0 Å². The van der Waals surface area contributed by atoms with Crippen LogP contribution in [-0.2, 0) is 11.0 Å². The largest absolute Gasteiger partial charge is 0.418 e. The summed E-state index contributed by atoms with van der Waals surface area (Å²) < 4.78 is 57.1. The van der Waals surface area contributed by atoms with E-state index >= 15 is 4.39 Å². The summed E-state index contributed by atoms with van der Waals surface area (Å²) in [6, 6.07) is 1.03. The minimum atomic E-state index is -4.74. The van der Waals surface area contributed by atoms with Crippen LogP contribution in [0.2, 0.25) is 0 Å². The van der Waals surface area contributed by atoms with Crippen LogP contribution in [0.1, 0.15) is 61.2 Å². The molecule has 3 aliphatic rings. The molecule has 2 aliphatic carbocycles. The lowest BCUT2D eigenvalue weighted by molar-refractivity contribution is -0.137. The topological polar surface area (TPSA) is 136 Å². The number of H-pyrrole nitrogens is 1. The van der Waals surface area contributed by atoms with Gasteiger partial charge in [0, 0.05) is 28.5 Å². The summed E-state index contributed by atoms with van der Waals surface area (Å²) in [5, 5.41) is 11.1. The van der Waals surface area contributed by atoms with Gasteiger partial charge in [-0.2, -0.15) is 18.3 Å². The first kappa shape index (κ1) is 25.4. The molecular formula is C25H29F4N7O. The van der Waals surface area contributed by atoms with E-state index in [0.29, 0.717) is 22.9 Å². The fraction of sp³-hybridized carbons (Fsp3) is 0.520. The number of carbonyl (C=O) groups is 1. The highest BCUT2D eigenvalue weighted by Crippen LogP contribution is 2.57. The molecule has 0 spiro atoms. The Balaban J connectivity index is 0.000000412. The van der Waals surface area contributed by atoms with Gasteiger partial charge in [0.05, 0.1) is 17.0 Å². The number of anilines is 1. The zero-order chi connectivity index (χ0) is 26.8. The summed E-state index contributed by atoms with van der Waals surface area (Å²) in [4.78, 5) is 18.1. The van der Waals surface area contributed by atoms with Crippen molar-refractivity contribution in [2.75, 3.05) is 18.8 Å². The lowest BCUT2D eigenvalue weighted by Gasteiger charge is -2.18. The Labute approximate surface area is 210 Å². The molecule has 198 valence electrons. The van der Waals surface area contributed by atoms with E-state index in [2.05, 4.69) is 25.5 Å². The number of carbonyl (C=O) groups excluding carboxylic acids is 1. The fourth-order valence-electron chi connectivity index (χ4n) is 5.40. The standard InChI is InChI=1S/C21H22F4N6.C4H7NO/c1-7(2)17-14-19(13-10-5-27-6-11(10)13)30-31-20(14)16(22)18(29-17)9-4-12(26)28-8(3)15(9)21(23,24)25;5-4(6)3-1-2-3/h4,7,10-11,13,27H,5-6H2,1-3H3,(H2,26,28)(H,30,31);3H,1-2H2,(H2,5,6). The molecule has 0 bridgehead atoms. The van der Waals surface area contributed by atoms with Crippen LogP contribution in [0.4, 0.5) is 23.4 Å². The van der Waals surface area contributed by atoms with Crippen LogP contribution in [0.15, 0.2) is 6.07 Å². The molecule has 3 aromatic heterocycles. The van der Waals surface area contributed by atoms with Gasteiger partial charge in [-0.05, 0) is 56.7 Å². The summed E-state index contributed by atoms with van der Waals surface area (Å²) in [5.41, 5.74) is 9.75. The number of nitrogen functional groups attached to an aromatic ring is 1. The monoisotopic (exact) mass is 519 g/mol. The number of piperidine rings is 1. The molecule has 2 atom stereocenters. The Morgan fingerprint density at radius 1 is 1.16 bits per heavy atom. The number of hydrogen-bond donors (Lipinski definition) is 4. The van der Waals surface area contributed by atoms with E-state index in [1.165, 1.54) is 6.92 Å². The Bertz CT molecular complexity index is 1370. The number of amides is 1. The first-order valence-corrected chi connectivity index (χ1v) is 12.3. The molecule has 1 amide bonds. The molecular weight excluding hydrogens is 490 g/mol. The summed E-state index contributed by atoms with van der Waals surface area (Å²) in [7, 11) is 0. The minimum absolute atomic E-state index is 0.0165. The number of primary amides is 1. The normalized spacial score (nSPS) is 22.6. The van der Waals surface area contributed by atoms with Crippen molar-refractivity contribution in [2.45, 2.75) is 51.6 Å². The summed E-state index contributed by atoms with van der Waals surface area (Å²) in [5.74, 6) is 0.108. The summed E-state index contributed by atoms with van der Waals surface area (Å²) in [6.07, 6.45) is -2.69. The number of pyridine rings is 2. The average Bonchev–Trinajstić information content (AvgIpc) is 3.67. The fourth-order valence-corrected chi connectivity index (χ4v) is 5.40. The van der Waals surface area contributed by atoms with Crippen molar-refractivity contribution in [3.8, 4) is 11.3 Å². The first-order valence-electron chi connectivity index (χ1n) is 12.3. The van der Waals surface area contributed by atoms with E-state index in [1.54, 1.807) is 0 Å². The van der Waals surface area contributed by atoms with Crippen molar-refractivity contribution >= 4 is 22.6 Å². The molecule has 3 fully saturated rings. The van der Waals surface area contributed by atoms with Crippen LogP contribution >= 0.6 is 0 Å². The number of hydrogen-bond acceptors (Lipinski definition) is 6. The van der Waals surface area contributed by atoms with E-state index in [4.69, 9.17) is 11.5 Å². The van der Waals surface area contributed by atoms with Gasteiger partial charge in [-0.3, -0.25) is 9.89 Å². The Kier molecular flexibility index (Phi) is 6.12. The molecule has 6 N–H and O–H groups in total. The molecule has 0 aromatic carbocycles. The van der Waals surface area contributed by atoms with Gasteiger partial charge in [-0.1, -0.05) is 13.8 Å². The number of nitrogens with one attached hydrogen (secondary N) is 2. The van der Waals surface area contributed by atoms with Gasteiger partial charge in [-0.15, -0.1) is 0 Å². The molecule has 6 rings (SSSR count). The summed E-state index contributed by atoms with van der Waals surface area (Å²) >= 11 is 0. The van der Waals surface area contributed by atoms with E-state index in [0.717, 1.165) is 37.7 Å². The van der Waals surface area contributed by atoms with Crippen LogP contribution in [-0.4, -0.2) is 39.2 Å². The van der Waals surface area contributed by atoms with E-state index < -0.39 is 28.8 Å². The zero-order valence-electron chi connectivity index (χ0n) is 20.7. The number of fused-ring (bicyclic) bond motifs is 2. The lowest BCUT2D eigenvalue weighted by atomic mass is 9.97. The van der Waals surface area contributed by atoms with Crippen LogP contribution in [0.3, 0.4) is 0 Å². The average molecular weight is 520 g/mol. The van der Waals surface area contributed by atoms with Gasteiger partial charge in [0.15, 0.2) is 5.82 Å². The lowest BCUT2D eigenvalue weighted by Crippen LogP contribution is -2.15. The smallest absolute Gasteiger partial charge is 0.384 e. The molecule has 2 saturated carbocycles. The van der Waals surface area contributed by atoms with Crippen molar-refractivity contribution in [3.05, 3.63) is 34.5 Å². The third kappa shape index (κ3) is 4.51. The van der Waals surface area contributed by atoms with Crippen LogP contribution in [0.5, 0.6) is 0 Å². The molecule has 37 heavy (non-hydrogen) atoms. The zero-order valence-corrected chi connectivity index (χ0v) is 20.7. The van der Waals surface area contributed by atoms with Gasteiger partial charge < -0.3 is 16.8 Å². The van der Waals surface area contributed by atoms with Gasteiger partial charge in [0.25, 0.3) is 0 Å². The highest BCUT2D eigenvalue weighted by atomic mass is 19.4. The molecule has 2 unspecified atom stereocenters. The summed E-state index contributed by atoms with van der Waals surface area (Å²) in [6.45, 7) is 6.75. The number of rotatable bonds is 4. The molecule has 1 saturated heterocycles. The van der Waals surface area contributed by atoms with Crippen LogP contribution in [0.25, 0.3) is 22.2 Å². The second-order valence-corrected chi connectivity index (χ2v) is 10.4. The quantitative estimate of drug-likeness (QED) is 0.385. The van der Waals surface area contributed by atoms with E-state index in [9.17, 15) is 18.0 Å². The third-order valence-electron chi connectivity index (χ3n) is 7.41. The van der Waals surface area contributed by atoms with Gasteiger partial charge in [0.2, 0.25) is 5.91 Å². The second-order valence-electron chi connectivity index (χ2n) is 10.4. The number of nitrogens with two attached hydrogens (primary N) is 2. The number of halogens is 4. The maximum Gasteiger partial charge on any atom is 0.418 e. The molecule has 12 heteroatoms. The minimum Gasteiger partial charge on any atom is -0.384 e. The van der Waals surface area contributed by atoms with Gasteiger partial charge in [-0.25, -0.2) is 14.4 Å². The van der Waals surface area contributed by atoms with Crippen molar-refractivity contribution < 1.29 is 22.4 Å². The first-order chi connectivity index (χ1) is 17.4. The molecule has 0 radical (unpaired) electrons. The molecule has 4 heterocycles. The number of aromatic nitrogens is 4. The third-order valence-corrected chi connectivity index (χ3v) is 7.41. The van der Waals surface area contributed by atoms with E-state index in [1.807, 2.05) is 13.8 Å². The molecule has 1 aliphatic heterocycles. The highest BCUT2D eigenvalue weighted by molar-refractivity contribution is 5.90. The number of nitrogens with zero attached hydrogens (tertiary/aromatic N) is 3. The second kappa shape index (κ2) is 8.93. The maximum atomic E-state index is 15.6. The predicted molar refractivity (Wildman–Crippen MR) is 130 cm³/mol. The Hall–Kier alpha value is -3.28. The highest BCUT2D eigenvalue weighted by Gasteiger charge is 2.55. The van der Waals surface area contributed by atoms with Crippen molar-refractivity contribution in [1.82, 2.24) is 25.5 Å². The van der Waals surface area contributed by atoms with Crippen molar-refractivity contribution in [1.29, 1.82) is 0 Å². The van der Waals surface area contributed by atoms with Crippen molar-refractivity contribution in [3.63, 3.8) is 0 Å². The van der Waals surface area contributed by atoms with Crippen molar-refractivity contribution in [2.24, 2.45) is 23.5 Å². The molecule has 3 aromatic rings. The maximum absolute atomic E-state index is 15.6. The number of alkyl halides is 3. The molecule has 8 nitrogen and oxygen atoms in total. The Morgan fingerprint density at radius 2 is 1.81 bits per heavy atom. The van der Waals surface area contributed by atoms with E-state index in [-0.39, 0.29) is 40.7 Å². The number of aryl methyl sites for hydroxylation is 1.